The van der Waals surface area contributed by atoms with Crippen molar-refractivity contribution in [2.45, 2.75) is 23.8 Å². The zero-order valence-electron chi connectivity index (χ0n) is 12.7. The minimum Gasteiger partial charge on any atom is -0.545 e. The van der Waals surface area contributed by atoms with E-state index in [-0.39, 0.29) is 22.5 Å². The molecule has 0 saturated carbocycles. The van der Waals surface area contributed by atoms with Crippen LogP contribution in [0.1, 0.15) is 24.2 Å². The maximum absolute atomic E-state index is 11.8. The second-order valence-electron chi connectivity index (χ2n) is 5.10. The Hall–Kier alpha value is -1.28. The van der Waals surface area contributed by atoms with E-state index in [9.17, 15) is 14.7 Å². The molecule has 0 aliphatic heterocycles. The molecule has 1 atom stereocenters. The maximum Gasteiger partial charge on any atom is 0.228 e. The number of carbonyl (C=O) groups excluding carboxylic acids is 2. The lowest BCUT2D eigenvalue weighted by molar-refractivity contribution is -0.255. The van der Waals surface area contributed by atoms with Gasteiger partial charge in [0.15, 0.2) is 5.11 Å². The number of thiocarbonyl (C=S) groups is 1. The van der Waals surface area contributed by atoms with Crippen molar-refractivity contribution in [3.63, 3.8) is 0 Å². The lowest BCUT2D eigenvalue weighted by Gasteiger charge is -2.28. The summed E-state index contributed by atoms with van der Waals surface area (Å²) in [5, 5.41) is 18.8. The van der Waals surface area contributed by atoms with Crippen molar-refractivity contribution in [2.75, 3.05) is 5.32 Å². The van der Waals surface area contributed by atoms with E-state index < -0.39 is 15.9 Å². The molecule has 0 aliphatic rings. The fourth-order valence-electron chi connectivity index (χ4n) is 1.50. The summed E-state index contributed by atoms with van der Waals surface area (Å²) in [5.41, 5.74) is 0.540. The highest BCUT2D eigenvalue weighted by atomic mass is 35.6. The molecule has 0 heterocycles. The van der Waals surface area contributed by atoms with Crippen molar-refractivity contribution < 1.29 is 14.7 Å². The molecule has 0 aromatic heterocycles. The maximum atomic E-state index is 11.8. The average Bonchev–Trinajstić information content (AvgIpc) is 2.45. The van der Waals surface area contributed by atoms with Crippen LogP contribution in [0.4, 0.5) is 5.69 Å². The summed E-state index contributed by atoms with van der Waals surface area (Å²) >= 11 is 22.6. The van der Waals surface area contributed by atoms with E-state index in [0.717, 1.165) is 0 Å². The molecule has 1 aromatic carbocycles. The zero-order chi connectivity index (χ0) is 18.5. The Morgan fingerprint density at radius 2 is 1.67 bits per heavy atom. The third-order valence-electron chi connectivity index (χ3n) is 2.79. The number of benzene rings is 1. The molecule has 0 aliphatic carbocycles. The number of amides is 1. The summed E-state index contributed by atoms with van der Waals surface area (Å²) in [6.07, 6.45) is -1.06. The molecule has 0 saturated heterocycles. The zero-order valence-corrected chi connectivity index (χ0v) is 15.8. The Balaban J connectivity index is 2.74. The average molecular weight is 412 g/mol. The van der Waals surface area contributed by atoms with E-state index in [1.165, 1.54) is 24.3 Å². The van der Waals surface area contributed by atoms with Crippen LogP contribution in [-0.4, -0.2) is 26.9 Å². The molecular weight excluding hydrogens is 397 g/mol. The molecule has 6 nitrogen and oxygen atoms in total. The van der Waals surface area contributed by atoms with Crippen LogP contribution in [0.15, 0.2) is 24.3 Å². The molecule has 1 aromatic rings. The molecule has 24 heavy (non-hydrogen) atoms. The van der Waals surface area contributed by atoms with Crippen molar-refractivity contribution in [2.24, 2.45) is 5.92 Å². The molecule has 3 N–H and O–H groups in total. The number of rotatable bonds is 5. The molecular formula is C14H15Cl3N3O3S-. The second-order valence-corrected chi connectivity index (χ2v) is 7.88. The van der Waals surface area contributed by atoms with Gasteiger partial charge in [-0.15, -0.1) is 0 Å². The van der Waals surface area contributed by atoms with Crippen molar-refractivity contribution in [1.82, 2.24) is 10.6 Å². The quantitative estimate of drug-likeness (QED) is 0.389. The topological polar surface area (TPSA) is 93.3 Å². The summed E-state index contributed by atoms with van der Waals surface area (Å²) in [6, 6.07) is 5.70. The number of anilines is 1. The van der Waals surface area contributed by atoms with Gasteiger partial charge in [-0.3, -0.25) is 4.79 Å². The first kappa shape index (κ1) is 20.8. The highest BCUT2D eigenvalue weighted by molar-refractivity contribution is 7.80. The van der Waals surface area contributed by atoms with E-state index in [4.69, 9.17) is 47.0 Å². The Morgan fingerprint density at radius 3 is 2.08 bits per heavy atom. The summed E-state index contributed by atoms with van der Waals surface area (Å²) in [5.74, 6) is -1.91. The van der Waals surface area contributed by atoms with Crippen LogP contribution < -0.4 is 21.1 Å². The predicted octanol–water partition coefficient (Wildman–Crippen LogP) is 1.80. The van der Waals surface area contributed by atoms with Crippen molar-refractivity contribution in [3.05, 3.63) is 29.8 Å². The van der Waals surface area contributed by atoms with Crippen LogP contribution in [0.5, 0.6) is 0 Å². The molecule has 0 spiro atoms. The Kier molecular flexibility index (Phi) is 7.54. The molecule has 1 rings (SSSR count). The van der Waals surface area contributed by atoms with Crippen LogP contribution in [0, 0.1) is 5.92 Å². The van der Waals surface area contributed by atoms with E-state index in [2.05, 4.69) is 16.0 Å². The van der Waals surface area contributed by atoms with Gasteiger partial charge in [0, 0.05) is 11.6 Å². The summed E-state index contributed by atoms with van der Waals surface area (Å²) < 4.78 is -1.84. The monoisotopic (exact) mass is 410 g/mol. The van der Waals surface area contributed by atoms with Crippen LogP contribution in [0.2, 0.25) is 0 Å². The first-order valence-electron chi connectivity index (χ1n) is 6.76. The van der Waals surface area contributed by atoms with Crippen LogP contribution >= 0.6 is 47.0 Å². The van der Waals surface area contributed by atoms with Crippen LogP contribution in [0.3, 0.4) is 0 Å². The van der Waals surface area contributed by atoms with Crippen LogP contribution in [-0.2, 0) is 4.79 Å². The van der Waals surface area contributed by atoms with Crippen molar-refractivity contribution in [1.29, 1.82) is 0 Å². The molecule has 0 bridgehead atoms. The fraction of sp³-hybridized carbons (Fsp3) is 0.357. The fourth-order valence-corrected chi connectivity index (χ4v) is 2.06. The summed E-state index contributed by atoms with van der Waals surface area (Å²) in [6.45, 7) is 3.39. The van der Waals surface area contributed by atoms with E-state index in [0.29, 0.717) is 5.69 Å². The summed E-state index contributed by atoms with van der Waals surface area (Å²) in [7, 11) is 0. The Morgan fingerprint density at radius 1 is 1.12 bits per heavy atom. The third-order valence-corrected chi connectivity index (χ3v) is 3.67. The van der Waals surface area contributed by atoms with Crippen LogP contribution in [0.25, 0.3) is 0 Å². The van der Waals surface area contributed by atoms with Gasteiger partial charge in [0.1, 0.15) is 6.17 Å². The SMILES string of the molecule is CC(C)C(=O)N[C@H](NC(=S)Nc1ccc(C(=O)[O-])cc1)C(Cl)(Cl)Cl. The molecule has 0 fully saturated rings. The molecule has 0 unspecified atom stereocenters. The van der Waals surface area contributed by atoms with Crippen molar-refractivity contribution >= 4 is 69.7 Å². The van der Waals surface area contributed by atoms with Gasteiger partial charge in [0.05, 0.1) is 5.97 Å². The number of carbonyl (C=O) groups is 2. The van der Waals surface area contributed by atoms with Gasteiger partial charge in [-0.05, 0) is 29.9 Å². The highest BCUT2D eigenvalue weighted by Gasteiger charge is 2.35. The van der Waals surface area contributed by atoms with Gasteiger partial charge in [-0.1, -0.05) is 60.8 Å². The number of alkyl halides is 3. The third kappa shape index (κ3) is 6.68. The Labute approximate surface area is 159 Å². The molecule has 10 heteroatoms. The molecule has 1 amide bonds. The second kappa shape index (κ2) is 8.71. The first-order valence-corrected chi connectivity index (χ1v) is 8.31. The first-order chi connectivity index (χ1) is 11.0. The van der Waals surface area contributed by atoms with Gasteiger partial charge in [-0.25, -0.2) is 0 Å². The lowest BCUT2D eigenvalue weighted by Crippen LogP contribution is -2.56. The number of nitrogens with one attached hydrogen (secondary N) is 3. The van der Waals surface area contributed by atoms with Gasteiger partial charge in [0.2, 0.25) is 9.70 Å². The number of aromatic carboxylic acids is 1. The predicted molar refractivity (Wildman–Crippen MR) is 97.2 cm³/mol. The van der Waals surface area contributed by atoms with Gasteiger partial charge < -0.3 is 25.9 Å². The van der Waals surface area contributed by atoms with E-state index >= 15 is 0 Å². The minimum absolute atomic E-state index is 0.0304. The largest absolute Gasteiger partial charge is 0.545 e. The highest BCUT2D eigenvalue weighted by Crippen LogP contribution is 2.29. The number of halogens is 3. The van der Waals surface area contributed by atoms with Gasteiger partial charge in [-0.2, -0.15) is 0 Å². The van der Waals surface area contributed by atoms with Gasteiger partial charge >= 0.3 is 0 Å². The number of carboxylic acid groups (broad SMARTS) is 1. The molecule has 0 radical (unpaired) electrons. The van der Waals surface area contributed by atoms with Gasteiger partial charge in [0.25, 0.3) is 0 Å². The minimum atomic E-state index is -1.84. The Bertz CT molecular complexity index is 618. The smallest absolute Gasteiger partial charge is 0.228 e. The number of hydrogen-bond acceptors (Lipinski definition) is 4. The van der Waals surface area contributed by atoms with E-state index in [1.54, 1.807) is 13.8 Å². The summed E-state index contributed by atoms with van der Waals surface area (Å²) in [4.78, 5) is 22.5. The standard InChI is InChI=1S/C14H16Cl3N3O3S/c1-7(2)10(21)19-12(14(15,16)17)20-13(24)18-9-5-3-8(4-6-9)11(22)23/h3-7,12H,1-2H3,(H,19,21)(H,22,23)(H2,18,20,24)/p-1/t12-/m1/s1. The molecule has 132 valence electrons. The number of hydrogen-bond donors (Lipinski definition) is 3. The van der Waals surface area contributed by atoms with E-state index in [1.807, 2.05) is 0 Å². The lowest BCUT2D eigenvalue weighted by atomic mass is 10.2. The number of carboxylic acids is 1. The van der Waals surface area contributed by atoms with Crippen molar-refractivity contribution in [3.8, 4) is 0 Å². The normalized spacial score (nSPS) is 12.4.